The average molecular weight is 650 g/mol. The Morgan fingerprint density at radius 1 is 0.522 bits per heavy atom. The minimum atomic E-state index is -4.24. The van der Waals surface area contributed by atoms with Gasteiger partial charge in [0.25, 0.3) is 5.91 Å². The van der Waals surface area contributed by atoms with Crippen molar-refractivity contribution in [2.45, 2.75) is 19.6 Å². The zero-order valence-electron chi connectivity index (χ0n) is 25.1. The van der Waals surface area contributed by atoms with Gasteiger partial charge in [-0.3, -0.25) is 28.1 Å². The molecular formula is C37H33NO6P2. The number of carbonyl (C=O) groups is 2. The highest BCUT2D eigenvalue weighted by molar-refractivity contribution is 7.96. The van der Waals surface area contributed by atoms with Crippen LogP contribution in [0.4, 0.5) is 0 Å². The number of carbonyl (C=O) groups excluding carboxylic acids is 2. The zero-order chi connectivity index (χ0) is 31.8. The van der Waals surface area contributed by atoms with E-state index in [0.29, 0.717) is 5.29 Å². The maximum atomic E-state index is 14.4. The molecule has 1 fully saturated rings. The van der Waals surface area contributed by atoms with Gasteiger partial charge in [0, 0.05) is 5.29 Å². The van der Waals surface area contributed by atoms with Crippen LogP contribution in [0.5, 0.6) is 0 Å². The van der Waals surface area contributed by atoms with Gasteiger partial charge in [-0.15, -0.1) is 0 Å². The highest BCUT2D eigenvalue weighted by Crippen LogP contribution is 2.52. The predicted molar refractivity (Wildman–Crippen MR) is 183 cm³/mol. The molecule has 0 aromatic heterocycles. The molecule has 6 rings (SSSR count). The van der Waals surface area contributed by atoms with E-state index in [1.807, 2.05) is 152 Å². The van der Waals surface area contributed by atoms with E-state index >= 15 is 0 Å². The highest BCUT2D eigenvalue weighted by atomic mass is 31.2. The smallest absolute Gasteiger partial charge is 0.282 e. The summed E-state index contributed by atoms with van der Waals surface area (Å²) in [5, 5.41) is 3.34. The first-order chi connectivity index (χ1) is 22.5. The fraction of sp³-hybridized carbons (Fsp3) is 0.108. The Bertz CT molecular complexity index is 1730. The van der Waals surface area contributed by atoms with Crippen LogP contribution in [-0.2, 0) is 40.9 Å². The summed E-state index contributed by atoms with van der Waals surface area (Å²) in [6.45, 7) is -3.46. The molecule has 1 heterocycles. The first kappa shape index (κ1) is 31.6. The molecule has 0 bridgehead atoms. The quantitative estimate of drug-likeness (QED) is 0.115. The van der Waals surface area contributed by atoms with Crippen molar-refractivity contribution in [3.63, 3.8) is 0 Å². The van der Waals surface area contributed by atoms with Gasteiger partial charge in [0.2, 0.25) is 5.91 Å². The highest BCUT2D eigenvalue weighted by Gasteiger charge is 2.43. The lowest BCUT2D eigenvalue weighted by Gasteiger charge is -2.31. The van der Waals surface area contributed by atoms with Gasteiger partial charge >= 0.3 is 7.82 Å². The van der Waals surface area contributed by atoms with Crippen molar-refractivity contribution < 1.29 is 27.7 Å². The van der Waals surface area contributed by atoms with Crippen LogP contribution >= 0.6 is 14.7 Å². The summed E-state index contributed by atoms with van der Waals surface area (Å²) in [5.41, 5.74) is 1.53. The van der Waals surface area contributed by atoms with Crippen LogP contribution in [0.1, 0.15) is 17.5 Å². The first-order valence-corrected chi connectivity index (χ1v) is 18.1. The van der Waals surface area contributed by atoms with Crippen LogP contribution in [0.15, 0.2) is 152 Å². The van der Waals surface area contributed by atoms with E-state index in [1.165, 1.54) is 0 Å². The molecule has 0 spiro atoms. The molecule has 0 saturated carbocycles. The fourth-order valence-electron chi connectivity index (χ4n) is 5.54. The van der Waals surface area contributed by atoms with E-state index in [1.54, 1.807) is 0 Å². The van der Waals surface area contributed by atoms with Gasteiger partial charge < -0.3 is 0 Å². The minimum absolute atomic E-state index is 0.0448. The minimum Gasteiger partial charge on any atom is -0.282 e. The monoisotopic (exact) mass is 649 g/mol. The number of imide groups is 1. The van der Waals surface area contributed by atoms with Gasteiger partial charge in [0.1, 0.15) is 6.73 Å². The molecule has 2 amide bonds. The number of amides is 2. The molecule has 5 aromatic rings. The molecule has 232 valence electrons. The second kappa shape index (κ2) is 14.4. The number of phosphoric ester groups is 1. The number of phosphoric acid groups is 1. The molecule has 9 heteroatoms. The summed E-state index contributed by atoms with van der Waals surface area (Å²) in [4.78, 5) is 29.1. The Labute approximate surface area is 269 Å². The van der Waals surface area contributed by atoms with Crippen molar-refractivity contribution in [1.82, 2.24) is 4.90 Å². The van der Waals surface area contributed by atoms with E-state index in [0.717, 1.165) is 31.9 Å². The van der Waals surface area contributed by atoms with Crippen molar-refractivity contribution in [2.24, 2.45) is 0 Å². The second-order valence-electron chi connectivity index (χ2n) is 10.7. The molecule has 1 aliphatic heterocycles. The van der Waals surface area contributed by atoms with E-state index in [9.17, 15) is 14.2 Å². The third kappa shape index (κ3) is 6.75. The Morgan fingerprint density at radius 3 is 1.28 bits per heavy atom. The summed E-state index contributed by atoms with van der Waals surface area (Å²) < 4.78 is 31.2. The molecule has 0 radical (unpaired) electrons. The topological polar surface area (TPSA) is 82.1 Å². The lowest BCUT2D eigenvalue weighted by atomic mass is 10.2. The maximum absolute atomic E-state index is 14.4. The number of benzene rings is 5. The molecule has 0 N–H and O–H groups in total. The van der Waals surface area contributed by atoms with Crippen LogP contribution in [0.25, 0.3) is 0 Å². The molecule has 0 atom stereocenters. The average Bonchev–Trinajstić information content (AvgIpc) is 3.40. The van der Waals surface area contributed by atoms with Gasteiger partial charge in [-0.25, -0.2) is 4.57 Å². The van der Waals surface area contributed by atoms with E-state index in [2.05, 4.69) is 0 Å². The Morgan fingerprint density at radius 2 is 0.891 bits per heavy atom. The van der Waals surface area contributed by atoms with Crippen molar-refractivity contribution in [3.05, 3.63) is 163 Å². The number of likely N-dealkylation sites (tertiary alicyclic amines) is 1. The van der Waals surface area contributed by atoms with Crippen molar-refractivity contribution in [2.75, 3.05) is 6.73 Å². The molecule has 0 unspecified atom stereocenters. The van der Waals surface area contributed by atoms with Crippen LogP contribution in [-0.4, -0.2) is 28.7 Å². The fourth-order valence-corrected chi connectivity index (χ4v) is 11.1. The third-order valence-electron chi connectivity index (χ3n) is 7.76. The predicted octanol–water partition coefficient (Wildman–Crippen LogP) is 6.43. The van der Waals surface area contributed by atoms with Crippen LogP contribution in [0.2, 0.25) is 0 Å². The van der Waals surface area contributed by atoms with Gasteiger partial charge in [-0.2, -0.15) is 0 Å². The number of nitrogens with zero attached hydrogens (tertiary/aromatic N) is 1. The van der Waals surface area contributed by atoms with Crippen LogP contribution in [0.3, 0.4) is 0 Å². The first-order valence-electron chi connectivity index (χ1n) is 14.9. The number of hydrogen-bond acceptors (Lipinski definition) is 6. The summed E-state index contributed by atoms with van der Waals surface area (Å²) >= 11 is 0. The molecule has 46 heavy (non-hydrogen) atoms. The van der Waals surface area contributed by atoms with E-state index < -0.39 is 33.3 Å². The lowest BCUT2D eigenvalue weighted by Crippen LogP contribution is -2.36. The summed E-state index contributed by atoms with van der Waals surface area (Å²) in [5.74, 6) is -0.905. The van der Waals surface area contributed by atoms with Crippen molar-refractivity contribution >= 4 is 47.7 Å². The maximum Gasteiger partial charge on any atom is 0.477 e. The zero-order valence-corrected chi connectivity index (χ0v) is 26.8. The van der Waals surface area contributed by atoms with Gasteiger partial charge in [-0.1, -0.05) is 152 Å². The van der Waals surface area contributed by atoms with Gasteiger partial charge in [-0.05, 0) is 33.9 Å². The molecule has 0 aliphatic carbocycles. The molecule has 5 aromatic carbocycles. The van der Waals surface area contributed by atoms with Gasteiger partial charge in [0.05, 0.1) is 19.6 Å². The van der Waals surface area contributed by atoms with E-state index in [4.69, 9.17) is 13.6 Å². The summed E-state index contributed by atoms with van der Waals surface area (Å²) in [6.07, 6.45) is -0.102. The van der Waals surface area contributed by atoms with Crippen molar-refractivity contribution in [3.8, 4) is 0 Å². The standard InChI is InChI=1S/C37H33NO6P2/c39-36-26-35(45(32-20-10-3-11-21-32,33-22-12-4-13-23-33)34-24-14-5-15-25-34)37(40)38(36)29-44-46(41,42-27-30-16-6-1-7-17-30)43-28-31-18-8-2-9-19-31/h1-25H,26-29H2. The number of rotatable bonds is 12. The summed E-state index contributed by atoms with van der Waals surface area (Å²) in [6, 6.07) is 48.0. The molecular weight excluding hydrogens is 616 g/mol. The van der Waals surface area contributed by atoms with Crippen LogP contribution in [0, 0.1) is 0 Å². The molecule has 1 aliphatic rings. The van der Waals surface area contributed by atoms with Crippen LogP contribution < -0.4 is 15.9 Å². The second-order valence-corrected chi connectivity index (χ2v) is 15.8. The van der Waals surface area contributed by atoms with E-state index in [-0.39, 0.29) is 19.6 Å². The van der Waals surface area contributed by atoms with Gasteiger partial charge in [0.15, 0.2) is 0 Å². The largest absolute Gasteiger partial charge is 0.477 e. The lowest BCUT2D eigenvalue weighted by molar-refractivity contribution is -0.140. The SMILES string of the molecule is O=C1CC(=P(c2ccccc2)(c2ccccc2)c2ccccc2)C(=O)N1COP(=O)(OCc1ccccc1)OCc1ccccc1. The van der Waals surface area contributed by atoms with Crippen molar-refractivity contribution in [1.29, 1.82) is 0 Å². The molecule has 7 nitrogen and oxygen atoms in total. The molecule has 1 saturated heterocycles. The third-order valence-corrected chi connectivity index (χ3v) is 13.5. The Hall–Kier alpha value is -4.35. The normalized spacial score (nSPS) is 13.7. The number of hydrogen-bond donors (Lipinski definition) is 0. The summed E-state index contributed by atoms with van der Waals surface area (Å²) in [7, 11) is -4.24. The Balaban J connectivity index is 1.36. The Kier molecular flexibility index (Phi) is 9.89.